The molecule has 1 saturated heterocycles. The van der Waals surface area contributed by atoms with E-state index in [-0.39, 0.29) is 11.8 Å². The van der Waals surface area contributed by atoms with Crippen LogP contribution in [0.1, 0.15) is 45.4 Å². The molecule has 2 heterocycles. The maximum atomic E-state index is 12.5. The maximum Gasteiger partial charge on any atom is 0.230 e. The third-order valence-electron chi connectivity index (χ3n) is 5.04. The molecule has 2 atom stereocenters. The number of carbonyl (C=O) groups is 1. The Morgan fingerprint density at radius 2 is 2.09 bits per heavy atom. The van der Waals surface area contributed by atoms with Gasteiger partial charge >= 0.3 is 0 Å². The van der Waals surface area contributed by atoms with Gasteiger partial charge in [-0.15, -0.1) is 0 Å². The van der Waals surface area contributed by atoms with Crippen molar-refractivity contribution < 1.29 is 4.79 Å². The van der Waals surface area contributed by atoms with Crippen molar-refractivity contribution in [3.05, 3.63) is 18.3 Å². The number of hydrogen-bond donors (Lipinski definition) is 2. The van der Waals surface area contributed by atoms with E-state index in [1.807, 2.05) is 25.3 Å². The molecule has 3 rings (SSSR count). The highest BCUT2D eigenvalue weighted by Crippen LogP contribution is 2.32. The zero-order valence-electron chi connectivity index (χ0n) is 13.3. The zero-order valence-corrected chi connectivity index (χ0v) is 13.3. The van der Waals surface area contributed by atoms with E-state index in [2.05, 4.69) is 15.2 Å². The number of pyridine rings is 1. The van der Waals surface area contributed by atoms with Crippen molar-refractivity contribution in [3.8, 4) is 0 Å². The summed E-state index contributed by atoms with van der Waals surface area (Å²) in [5, 5.41) is 2.94. The van der Waals surface area contributed by atoms with Crippen LogP contribution in [-0.2, 0) is 4.79 Å². The smallest absolute Gasteiger partial charge is 0.230 e. The van der Waals surface area contributed by atoms with Gasteiger partial charge in [-0.3, -0.25) is 4.79 Å². The molecular weight excluding hydrogens is 276 g/mol. The number of aromatic nitrogens is 1. The third-order valence-corrected chi connectivity index (χ3v) is 5.04. The lowest BCUT2D eigenvalue weighted by Gasteiger charge is -2.37. The minimum Gasteiger partial charge on any atom is -0.370 e. The number of rotatable bonds is 3. The molecule has 120 valence electrons. The van der Waals surface area contributed by atoms with Gasteiger partial charge in [-0.05, 0) is 44.7 Å². The molecule has 2 unspecified atom stereocenters. The van der Waals surface area contributed by atoms with Crippen molar-refractivity contribution in [2.75, 3.05) is 23.3 Å². The number of hydrogen-bond acceptors (Lipinski definition) is 4. The molecule has 1 aromatic rings. The van der Waals surface area contributed by atoms with Gasteiger partial charge in [-0.1, -0.05) is 12.8 Å². The van der Waals surface area contributed by atoms with E-state index in [0.717, 1.165) is 44.5 Å². The van der Waals surface area contributed by atoms with E-state index < -0.39 is 5.54 Å². The Kier molecular flexibility index (Phi) is 4.34. The molecule has 2 fully saturated rings. The lowest BCUT2D eigenvalue weighted by molar-refractivity contribution is -0.122. The van der Waals surface area contributed by atoms with E-state index in [0.29, 0.717) is 5.82 Å². The van der Waals surface area contributed by atoms with Crippen molar-refractivity contribution in [2.24, 2.45) is 11.7 Å². The molecule has 5 nitrogen and oxygen atoms in total. The maximum absolute atomic E-state index is 12.5. The Labute approximate surface area is 132 Å². The van der Waals surface area contributed by atoms with E-state index in [4.69, 9.17) is 5.73 Å². The van der Waals surface area contributed by atoms with Gasteiger partial charge in [0.25, 0.3) is 0 Å². The highest BCUT2D eigenvalue weighted by Gasteiger charge is 2.37. The van der Waals surface area contributed by atoms with Crippen molar-refractivity contribution in [2.45, 2.75) is 51.0 Å². The summed E-state index contributed by atoms with van der Waals surface area (Å²) < 4.78 is 0. The standard InChI is InChI=1S/C17H26N4O/c1-17(18)9-3-2-6-14(17)16(22)20-15-8-7-13(12-19-15)21-10-4-5-11-21/h7-8,12,14H,2-6,9-11,18H2,1H3,(H,19,20,22). The molecule has 1 aromatic heterocycles. The van der Waals surface area contributed by atoms with Crippen LogP contribution in [-0.4, -0.2) is 29.5 Å². The summed E-state index contributed by atoms with van der Waals surface area (Å²) in [6, 6.07) is 3.93. The van der Waals surface area contributed by atoms with Crippen LogP contribution in [0.4, 0.5) is 11.5 Å². The van der Waals surface area contributed by atoms with Gasteiger partial charge in [-0.25, -0.2) is 4.98 Å². The largest absolute Gasteiger partial charge is 0.370 e. The summed E-state index contributed by atoms with van der Waals surface area (Å²) in [5.74, 6) is 0.502. The molecule has 1 amide bonds. The predicted molar refractivity (Wildman–Crippen MR) is 88.9 cm³/mol. The van der Waals surface area contributed by atoms with Gasteiger partial charge in [0.1, 0.15) is 5.82 Å². The van der Waals surface area contributed by atoms with Gasteiger partial charge in [0.05, 0.1) is 17.8 Å². The van der Waals surface area contributed by atoms with Crippen molar-refractivity contribution in [1.29, 1.82) is 0 Å². The third kappa shape index (κ3) is 3.24. The first-order valence-electron chi connectivity index (χ1n) is 8.37. The highest BCUT2D eigenvalue weighted by atomic mass is 16.2. The van der Waals surface area contributed by atoms with E-state index >= 15 is 0 Å². The molecule has 2 aliphatic rings. The van der Waals surface area contributed by atoms with Crippen molar-refractivity contribution in [3.63, 3.8) is 0 Å². The average molecular weight is 302 g/mol. The van der Waals surface area contributed by atoms with Gasteiger partial charge in [0.15, 0.2) is 0 Å². The second-order valence-corrected chi connectivity index (χ2v) is 6.89. The first-order chi connectivity index (χ1) is 10.6. The number of nitrogens with two attached hydrogens (primary N) is 1. The molecule has 22 heavy (non-hydrogen) atoms. The summed E-state index contributed by atoms with van der Waals surface area (Å²) >= 11 is 0. The van der Waals surface area contributed by atoms with Crippen LogP contribution >= 0.6 is 0 Å². The summed E-state index contributed by atoms with van der Waals surface area (Å²) in [4.78, 5) is 19.2. The second-order valence-electron chi connectivity index (χ2n) is 6.89. The molecule has 0 aromatic carbocycles. The van der Waals surface area contributed by atoms with Crippen LogP contribution in [0.2, 0.25) is 0 Å². The van der Waals surface area contributed by atoms with Gasteiger partial charge in [0, 0.05) is 18.6 Å². The lowest BCUT2D eigenvalue weighted by Crippen LogP contribution is -2.51. The molecule has 1 saturated carbocycles. The first kappa shape index (κ1) is 15.3. The minimum absolute atomic E-state index is 0.00567. The highest BCUT2D eigenvalue weighted by molar-refractivity contribution is 5.92. The van der Waals surface area contributed by atoms with Gasteiger partial charge in [-0.2, -0.15) is 0 Å². The molecule has 1 aliphatic carbocycles. The SMILES string of the molecule is CC1(N)CCCCC1C(=O)Nc1ccc(N2CCCC2)cn1. The summed E-state index contributed by atoms with van der Waals surface area (Å²) in [7, 11) is 0. The van der Waals surface area contributed by atoms with Crippen LogP contribution in [0.25, 0.3) is 0 Å². The summed E-state index contributed by atoms with van der Waals surface area (Å²) in [6.45, 7) is 4.18. The normalized spacial score (nSPS) is 28.6. The van der Waals surface area contributed by atoms with Crippen LogP contribution in [0.3, 0.4) is 0 Å². The Hall–Kier alpha value is -1.62. The van der Waals surface area contributed by atoms with Crippen LogP contribution in [0.5, 0.6) is 0 Å². The zero-order chi connectivity index (χ0) is 15.6. The van der Waals surface area contributed by atoms with Crippen molar-refractivity contribution >= 4 is 17.4 Å². The van der Waals surface area contributed by atoms with Gasteiger partial charge in [0.2, 0.25) is 5.91 Å². The van der Waals surface area contributed by atoms with Crippen LogP contribution < -0.4 is 16.0 Å². The quantitative estimate of drug-likeness (QED) is 0.900. The van der Waals surface area contributed by atoms with E-state index in [1.54, 1.807) is 0 Å². The lowest BCUT2D eigenvalue weighted by atomic mass is 9.74. The Morgan fingerprint density at radius 3 is 2.73 bits per heavy atom. The van der Waals surface area contributed by atoms with Gasteiger partial charge < -0.3 is 16.0 Å². The number of anilines is 2. The van der Waals surface area contributed by atoms with E-state index in [9.17, 15) is 4.79 Å². The van der Waals surface area contributed by atoms with Crippen LogP contribution in [0.15, 0.2) is 18.3 Å². The summed E-state index contributed by atoms with van der Waals surface area (Å²) in [6.07, 6.45) is 8.30. The topological polar surface area (TPSA) is 71.2 Å². The molecule has 0 bridgehead atoms. The molecule has 0 spiro atoms. The number of amides is 1. The Morgan fingerprint density at radius 1 is 1.32 bits per heavy atom. The molecule has 5 heteroatoms. The number of nitrogens with one attached hydrogen (secondary N) is 1. The molecule has 0 radical (unpaired) electrons. The van der Waals surface area contributed by atoms with Crippen molar-refractivity contribution in [1.82, 2.24) is 4.98 Å². The molecule has 1 aliphatic heterocycles. The number of carbonyl (C=O) groups excluding carboxylic acids is 1. The number of nitrogens with zero attached hydrogens (tertiary/aromatic N) is 2. The predicted octanol–water partition coefficient (Wildman–Crippen LogP) is 2.53. The van der Waals surface area contributed by atoms with Crippen LogP contribution in [0, 0.1) is 5.92 Å². The fraction of sp³-hybridized carbons (Fsp3) is 0.647. The van der Waals surface area contributed by atoms with E-state index in [1.165, 1.54) is 12.8 Å². The Balaban J connectivity index is 1.63. The fourth-order valence-electron chi connectivity index (χ4n) is 3.62. The molecule has 3 N–H and O–H groups in total. The average Bonchev–Trinajstić information content (AvgIpc) is 3.01. The fourth-order valence-corrected chi connectivity index (χ4v) is 3.62. The Bertz CT molecular complexity index is 520. The molecular formula is C17H26N4O. The first-order valence-corrected chi connectivity index (χ1v) is 8.37. The second kappa shape index (κ2) is 6.24. The summed E-state index contributed by atoms with van der Waals surface area (Å²) in [5.41, 5.74) is 7.03. The minimum atomic E-state index is -0.405. The monoisotopic (exact) mass is 302 g/mol.